The zero-order chi connectivity index (χ0) is 19.2. The number of pyridine rings is 1. The lowest BCUT2D eigenvalue weighted by Gasteiger charge is -2.17. The van der Waals surface area contributed by atoms with Crippen molar-refractivity contribution in [2.45, 2.75) is 26.3 Å². The third kappa shape index (κ3) is 5.20. The Morgan fingerprint density at radius 2 is 2.07 bits per heavy atom. The van der Waals surface area contributed by atoms with Crippen molar-refractivity contribution in [2.75, 3.05) is 37.0 Å². The summed E-state index contributed by atoms with van der Waals surface area (Å²) in [5.74, 6) is 2.03. The van der Waals surface area contributed by atoms with Crippen molar-refractivity contribution in [3.8, 4) is 5.75 Å². The molecule has 0 bridgehead atoms. The van der Waals surface area contributed by atoms with Crippen LogP contribution >= 0.6 is 0 Å². The Bertz CT molecular complexity index is 750. The van der Waals surface area contributed by atoms with E-state index in [0.717, 1.165) is 31.1 Å². The van der Waals surface area contributed by atoms with E-state index in [4.69, 9.17) is 4.74 Å². The molecule has 1 amide bonds. The average molecular weight is 370 g/mol. The lowest BCUT2D eigenvalue weighted by Crippen LogP contribution is -2.29. The molecule has 3 rings (SSSR count). The van der Waals surface area contributed by atoms with Crippen molar-refractivity contribution < 1.29 is 11.0 Å². The molecule has 1 aliphatic rings. The number of anilines is 2. The molecule has 1 saturated heterocycles. The molecule has 27 heavy (non-hydrogen) atoms. The Morgan fingerprint density at radius 3 is 2.67 bits per heavy atom. The minimum absolute atomic E-state index is 0. The fourth-order valence-electron chi connectivity index (χ4n) is 3.02. The van der Waals surface area contributed by atoms with Crippen LogP contribution in [0.15, 0.2) is 42.6 Å². The summed E-state index contributed by atoms with van der Waals surface area (Å²) in [6, 6.07) is 11.6. The first-order chi connectivity index (χ1) is 13.0. The smallest absolute Gasteiger partial charge is 0.255 e. The second kappa shape index (κ2) is 8.86. The summed E-state index contributed by atoms with van der Waals surface area (Å²) in [4.78, 5) is 19.2. The van der Waals surface area contributed by atoms with Crippen LogP contribution in [-0.2, 0) is 0 Å². The van der Waals surface area contributed by atoms with Gasteiger partial charge in [0, 0.05) is 26.1 Å². The molecule has 2 aromatic rings. The first-order valence-corrected chi connectivity index (χ1v) is 9.47. The number of amides is 1. The highest BCUT2D eigenvalue weighted by molar-refractivity contribution is 6.04. The van der Waals surface area contributed by atoms with Crippen LogP contribution in [0.3, 0.4) is 0 Å². The second-order valence-electron chi connectivity index (χ2n) is 7.31. The summed E-state index contributed by atoms with van der Waals surface area (Å²) in [6.07, 6.45) is 2.83. The van der Waals surface area contributed by atoms with Crippen LogP contribution in [0.5, 0.6) is 5.75 Å². The number of hydrogen-bond donors (Lipinski definition) is 2. The Morgan fingerprint density at radius 1 is 1.30 bits per heavy atom. The van der Waals surface area contributed by atoms with E-state index in [1.54, 1.807) is 18.3 Å². The van der Waals surface area contributed by atoms with Crippen molar-refractivity contribution in [3.63, 3.8) is 0 Å². The maximum atomic E-state index is 12.4. The average Bonchev–Trinajstić information content (AvgIpc) is 3.16. The van der Waals surface area contributed by atoms with Crippen LogP contribution < -0.4 is 20.3 Å². The van der Waals surface area contributed by atoms with E-state index in [1.807, 2.05) is 31.3 Å². The molecule has 1 fully saturated rings. The number of hydrogen-bond acceptors (Lipinski definition) is 5. The molecule has 146 valence electrons. The van der Waals surface area contributed by atoms with Gasteiger partial charge in [-0.3, -0.25) is 4.79 Å². The summed E-state index contributed by atoms with van der Waals surface area (Å²) in [5, 5.41) is 6.19. The predicted octanol–water partition coefficient (Wildman–Crippen LogP) is 3.41. The van der Waals surface area contributed by atoms with Crippen LogP contribution in [0, 0.1) is 5.92 Å². The predicted molar refractivity (Wildman–Crippen MR) is 111 cm³/mol. The molecular weight excluding hydrogens is 340 g/mol. The van der Waals surface area contributed by atoms with Gasteiger partial charge in [0.25, 0.3) is 5.91 Å². The van der Waals surface area contributed by atoms with Crippen LogP contribution in [0.1, 0.15) is 32.1 Å². The summed E-state index contributed by atoms with van der Waals surface area (Å²) in [5.41, 5.74) is 1.28. The fourth-order valence-corrected chi connectivity index (χ4v) is 3.02. The first-order valence-electron chi connectivity index (χ1n) is 9.47. The van der Waals surface area contributed by atoms with Crippen LogP contribution in [0.4, 0.5) is 11.5 Å². The van der Waals surface area contributed by atoms with E-state index >= 15 is 0 Å². The van der Waals surface area contributed by atoms with Crippen molar-refractivity contribution >= 4 is 17.4 Å². The zero-order valence-corrected chi connectivity index (χ0v) is 16.2. The highest BCUT2D eigenvalue weighted by atomic mass is 16.5. The largest absolute Gasteiger partial charge is 0.493 e. The standard InChI is InChI=1S/C21H28N4O2.H2/c1-15(2)14-27-19-7-4-16(5-8-19)21(26)24-17-6-9-20(23-12-17)25-11-10-18(13-25)22-3;/h4-9,12,15,18,22H,10-11,13-14H2,1-3H3,(H,24,26);1H. The van der Waals surface area contributed by atoms with Crippen LogP contribution in [-0.4, -0.2) is 43.7 Å². The number of carbonyl (C=O) groups excluding carboxylic acids is 1. The molecule has 2 N–H and O–H groups in total. The molecule has 6 nitrogen and oxygen atoms in total. The van der Waals surface area contributed by atoms with Gasteiger partial charge in [-0.1, -0.05) is 13.8 Å². The molecule has 1 unspecified atom stereocenters. The number of aromatic nitrogens is 1. The minimum atomic E-state index is -0.156. The maximum absolute atomic E-state index is 12.4. The van der Waals surface area contributed by atoms with Crippen molar-refractivity contribution in [1.82, 2.24) is 10.3 Å². The minimum Gasteiger partial charge on any atom is -0.493 e. The Balaban J connectivity index is 0.00000280. The van der Waals surface area contributed by atoms with E-state index in [9.17, 15) is 4.79 Å². The fraction of sp³-hybridized carbons (Fsp3) is 0.429. The van der Waals surface area contributed by atoms with Crippen molar-refractivity contribution in [3.05, 3.63) is 48.2 Å². The maximum Gasteiger partial charge on any atom is 0.255 e. The molecule has 1 aromatic carbocycles. The van der Waals surface area contributed by atoms with E-state index in [-0.39, 0.29) is 7.33 Å². The highest BCUT2D eigenvalue weighted by Crippen LogP contribution is 2.20. The first kappa shape index (κ1) is 19.2. The summed E-state index contributed by atoms with van der Waals surface area (Å²) in [6.45, 7) is 6.82. The molecule has 1 aromatic heterocycles. The summed E-state index contributed by atoms with van der Waals surface area (Å²) < 4.78 is 5.65. The monoisotopic (exact) mass is 370 g/mol. The van der Waals surface area contributed by atoms with Gasteiger partial charge in [0.1, 0.15) is 11.6 Å². The van der Waals surface area contributed by atoms with Crippen molar-refractivity contribution in [1.29, 1.82) is 0 Å². The van der Waals surface area contributed by atoms with Gasteiger partial charge < -0.3 is 20.3 Å². The molecule has 1 atom stereocenters. The molecule has 0 spiro atoms. The van der Waals surface area contributed by atoms with Gasteiger partial charge in [-0.2, -0.15) is 0 Å². The zero-order valence-electron chi connectivity index (χ0n) is 16.2. The van der Waals surface area contributed by atoms with Gasteiger partial charge in [0.15, 0.2) is 0 Å². The summed E-state index contributed by atoms with van der Waals surface area (Å²) >= 11 is 0. The van der Waals surface area contributed by atoms with Crippen LogP contribution in [0.2, 0.25) is 0 Å². The van der Waals surface area contributed by atoms with Crippen molar-refractivity contribution in [2.24, 2.45) is 5.92 Å². The molecular formula is C21H30N4O2. The van der Waals surface area contributed by atoms with Gasteiger partial charge in [0.2, 0.25) is 0 Å². The van der Waals surface area contributed by atoms with Gasteiger partial charge in [-0.15, -0.1) is 0 Å². The number of likely N-dealkylation sites (N-methyl/N-ethyl adjacent to an activating group) is 1. The molecule has 0 radical (unpaired) electrons. The molecule has 6 heteroatoms. The SMILES string of the molecule is CNC1CCN(c2ccc(NC(=O)c3ccc(OCC(C)C)cc3)cn2)C1.[HH]. The molecule has 0 aliphatic carbocycles. The second-order valence-corrected chi connectivity index (χ2v) is 7.31. The molecule has 1 aliphatic heterocycles. The number of nitrogens with zero attached hydrogens (tertiary/aromatic N) is 2. The van der Waals surface area contributed by atoms with E-state index < -0.39 is 0 Å². The van der Waals surface area contributed by atoms with E-state index in [1.165, 1.54) is 0 Å². The topological polar surface area (TPSA) is 66.5 Å². The van der Waals surface area contributed by atoms with Gasteiger partial charge >= 0.3 is 0 Å². The molecule has 2 heterocycles. The van der Waals surface area contributed by atoms with E-state index in [0.29, 0.717) is 29.8 Å². The van der Waals surface area contributed by atoms with Gasteiger partial charge in [0.05, 0.1) is 18.5 Å². The number of carbonyl (C=O) groups is 1. The lowest BCUT2D eigenvalue weighted by atomic mass is 10.2. The Kier molecular flexibility index (Phi) is 6.29. The van der Waals surface area contributed by atoms with E-state index in [2.05, 4.69) is 34.4 Å². The number of nitrogens with one attached hydrogen (secondary N) is 2. The number of rotatable bonds is 7. The lowest BCUT2D eigenvalue weighted by molar-refractivity contribution is 0.102. The Labute approximate surface area is 162 Å². The third-order valence-corrected chi connectivity index (χ3v) is 4.63. The third-order valence-electron chi connectivity index (χ3n) is 4.63. The highest BCUT2D eigenvalue weighted by Gasteiger charge is 2.21. The Hall–Kier alpha value is -2.60. The number of benzene rings is 1. The normalized spacial score (nSPS) is 16.6. The van der Waals surface area contributed by atoms with Crippen LogP contribution in [0.25, 0.3) is 0 Å². The number of ether oxygens (including phenoxy) is 1. The summed E-state index contributed by atoms with van der Waals surface area (Å²) in [7, 11) is 1.99. The molecule has 0 saturated carbocycles. The quantitative estimate of drug-likeness (QED) is 0.782. The van der Waals surface area contributed by atoms with Gasteiger partial charge in [-0.25, -0.2) is 4.98 Å². The van der Waals surface area contributed by atoms with Gasteiger partial charge in [-0.05, 0) is 55.8 Å².